The number of pyridine rings is 2. The van der Waals surface area contributed by atoms with E-state index >= 15 is 0 Å². The lowest BCUT2D eigenvalue weighted by Crippen LogP contribution is -1.97. The predicted molar refractivity (Wildman–Crippen MR) is 264 cm³/mol. The minimum atomic E-state index is -0.0278. The molecule has 2 heterocycles. The number of rotatable bonds is 22. The Kier molecular flexibility index (Phi) is 23.2. The molecule has 0 amide bonds. The van der Waals surface area contributed by atoms with Crippen LogP contribution in [-0.2, 0) is 4.79 Å². The summed E-state index contributed by atoms with van der Waals surface area (Å²) in [6.45, 7) is 7.61. The molecule has 63 heavy (non-hydrogen) atoms. The molecule has 7 heteroatoms. The number of aromatic nitrogens is 2. The summed E-state index contributed by atoms with van der Waals surface area (Å²) in [6.07, 6.45) is 34.3. The lowest BCUT2D eigenvalue weighted by molar-refractivity contribution is -0.112. The van der Waals surface area contributed by atoms with Crippen molar-refractivity contribution in [3.05, 3.63) is 162 Å². The zero-order valence-corrected chi connectivity index (χ0v) is 37.5. The number of carbonyl (C=O) groups is 1. The lowest BCUT2D eigenvalue weighted by Gasteiger charge is -2.06. The largest absolute Gasteiger partial charge is 0.508 e. The Balaban J connectivity index is 0.000000210. The van der Waals surface area contributed by atoms with Gasteiger partial charge in [-0.1, -0.05) is 145 Å². The topological polar surface area (TPSA) is 102 Å². The van der Waals surface area contributed by atoms with Crippen molar-refractivity contribution in [1.82, 2.24) is 9.97 Å². The fourth-order valence-electron chi connectivity index (χ4n) is 6.49. The summed E-state index contributed by atoms with van der Waals surface area (Å²) in [5.74, 6) is 1.94. The van der Waals surface area contributed by atoms with Crippen LogP contribution < -0.4 is 9.47 Å². The molecule has 330 valence electrons. The van der Waals surface area contributed by atoms with Crippen LogP contribution in [0.2, 0.25) is 0 Å². The van der Waals surface area contributed by atoms with Crippen LogP contribution in [0.15, 0.2) is 134 Å². The molecule has 7 nitrogen and oxygen atoms in total. The molecule has 0 aliphatic heterocycles. The lowest BCUT2D eigenvalue weighted by atomic mass is 10.1. The number of allylic oxidation sites excluding steroid dienone is 1. The van der Waals surface area contributed by atoms with Gasteiger partial charge in [-0.25, -0.2) is 0 Å². The molecule has 0 bridgehead atoms. The summed E-state index contributed by atoms with van der Waals surface area (Å²) in [7, 11) is 0. The van der Waals surface area contributed by atoms with Gasteiger partial charge in [0.25, 0.3) is 0 Å². The first kappa shape index (κ1) is 49.2. The molecule has 0 aliphatic carbocycles. The Morgan fingerprint density at radius 1 is 0.492 bits per heavy atom. The number of hydrogen-bond acceptors (Lipinski definition) is 7. The standard InChI is InChI=1S/2C21H27NO.C14H12O3/c2*1-2-3-4-5-6-7-18-23-21-12-10-19(11-13-21)8-9-20-14-16-22-17-15-20;1-9(15)2-3-10-4-5-11-7-12(16)8-14(17)13(11)6-10/h2*8-17H,2-7,18H2,1H3;2-8,16-17H,1H3/b2*9-8+;3-2+. The quantitative estimate of drug-likeness (QED) is 0.0518. The third kappa shape index (κ3) is 20.8. The van der Waals surface area contributed by atoms with Crippen molar-refractivity contribution in [2.45, 2.75) is 97.8 Å². The number of hydrogen-bond donors (Lipinski definition) is 2. The molecule has 2 N–H and O–H groups in total. The molecule has 0 saturated carbocycles. The van der Waals surface area contributed by atoms with Crippen molar-refractivity contribution in [3.63, 3.8) is 0 Å². The van der Waals surface area contributed by atoms with Crippen LogP contribution in [0, 0.1) is 0 Å². The van der Waals surface area contributed by atoms with Gasteiger partial charge >= 0.3 is 0 Å². The Labute approximate surface area is 375 Å². The number of phenols is 2. The molecule has 0 aliphatic rings. The van der Waals surface area contributed by atoms with Gasteiger partial charge in [0.15, 0.2) is 5.78 Å². The first-order chi connectivity index (χ1) is 30.8. The Morgan fingerprint density at radius 3 is 1.35 bits per heavy atom. The Bertz CT molecular complexity index is 2140. The van der Waals surface area contributed by atoms with E-state index < -0.39 is 0 Å². The highest BCUT2D eigenvalue weighted by atomic mass is 16.5. The smallest absolute Gasteiger partial charge is 0.152 e. The summed E-state index contributed by atoms with van der Waals surface area (Å²) in [5.41, 5.74) is 5.49. The Morgan fingerprint density at radius 2 is 0.905 bits per heavy atom. The van der Waals surface area contributed by atoms with Crippen LogP contribution in [0.3, 0.4) is 0 Å². The number of aromatic hydroxyl groups is 2. The van der Waals surface area contributed by atoms with Crippen molar-refractivity contribution in [2.24, 2.45) is 0 Å². The number of unbranched alkanes of at least 4 members (excludes halogenated alkanes) is 10. The van der Waals surface area contributed by atoms with Gasteiger partial charge in [-0.05, 0) is 120 Å². The van der Waals surface area contributed by atoms with E-state index in [0.717, 1.165) is 59.6 Å². The molecule has 0 fully saturated rings. The molecule has 0 saturated heterocycles. The molecule has 6 rings (SSSR count). The number of ether oxygens (including phenoxy) is 2. The zero-order chi connectivity index (χ0) is 44.7. The minimum absolute atomic E-state index is 0.0260. The van der Waals surface area contributed by atoms with E-state index in [0.29, 0.717) is 5.39 Å². The van der Waals surface area contributed by atoms with Crippen molar-refractivity contribution in [2.75, 3.05) is 13.2 Å². The first-order valence-corrected chi connectivity index (χ1v) is 22.6. The highest BCUT2D eigenvalue weighted by Crippen LogP contribution is 2.30. The van der Waals surface area contributed by atoms with Crippen LogP contribution in [0.1, 0.15) is 126 Å². The summed E-state index contributed by atoms with van der Waals surface area (Å²) in [6, 6.07) is 32.8. The van der Waals surface area contributed by atoms with E-state index in [1.54, 1.807) is 49.1 Å². The monoisotopic (exact) mass is 846 g/mol. The SMILES string of the molecule is CC(=O)/C=C/c1ccc2cc(O)cc(O)c2c1.CCCCCCCCOc1ccc(/C=C/c2ccncc2)cc1.CCCCCCCCOc1ccc(/C=C/c2ccncc2)cc1. The molecule has 6 aromatic rings. The van der Waals surface area contributed by atoms with Crippen molar-refractivity contribution in [3.8, 4) is 23.0 Å². The van der Waals surface area contributed by atoms with Crippen molar-refractivity contribution < 1.29 is 24.5 Å². The molecular weight excluding hydrogens is 781 g/mol. The molecule has 2 aromatic heterocycles. The maximum Gasteiger partial charge on any atom is 0.152 e. The van der Waals surface area contributed by atoms with Gasteiger partial charge in [0.05, 0.1) is 13.2 Å². The van der Waals surface area contributed by atoms with E-state index in [4.69, 9.17) is 9.47 Å². The van der Waals surface area contributed by atoms with E-state index in [1.165, 1.54) is 94.4 Å². The third-order valence-electron chi connectivity index (χ3n) is 10.1. The summed E-state index contributed by atoms with van der Waals surface area (Å²) in [5, 5.41) is 20.4. The fourth-order valence-corrected chi connectivity index (χ4v) is 6.49. The predicted octanol–water partition coefficient (Wildman–Crippen LogP) is 14.8. The van der Waals surface area contributed by atoms with Crippen LogP contribution in [-0.4, -0.2) is 39.2 Å². The second kappa shape index (κ2) is 29.7. The van der Waals surface area contributed by atoms with Crippen LogP contribution >= 0.6 is 0 Å². The summed E-state index contributed by atoms with van der Waals surface area (Å²) in [4.78, 5) is 18.9. The van der Waals surface area contributed by atoms with Gasteiger partial charge in [0.1, 0.15) is 23.0 Å². The van der Waals surface area contributed by atoms with E-state index in [9.17, 15) is 15.0 Å². The number of benzene rings is 4. The molecule has 0 radical (unpaired) electrons. The summed E-state index contributed by atoms with van der Waals surface area (Å²) >= 11 is 0. The summed E-state index contributed by atoms with van der Waals surface area (Å²) < 4.78 is 11.6. The molecule has 0 spiro atoms. The van der Waals surface area contributed by atoms with Gasteiger partial charge in [0, 0.05) is 36.2 Å². The van der Waals surface area contributed by atoms with Gasteiger partial charge in [-0.2, -0.15) is 0 Å². The highest BCUT2D eigenvalue weighted by Gasteiger charge is 2.03. The van der Waals surface area contributed by atoms with Crippen LogP contribution in [0.5, 0.6) is 23.0 Å². The molecule has 0 unspecified atom stereocenters. The van der Waals surface area contributed by atoms with Gasteiger partial charge in [-0.15, -0.1) is 0 Å². The fraction of sp³-hybridized carbons (Fsp3) is 0.304. The zero-order valence-electron chi connectivity index (χ0n) is 37.5. The third-order valence-corrected chi connectivity index (χ3v) is 10.1. The van der Waals surface area contributed by atoms with Gasteiger partial charge < -0.3 is 19.7 Å². The number of ketones is 1. The average molecular weight is 847 g/mol. The maximum absolute atomic E-state index is 10.8. The number of phenolic OH excluding ortho intramolecular Hbond substituents is 2. The van der Waals surface area contributed by atoms with E-state index in [1.807, 2.05) is 54.6 Å². The molecule has 0 atom stereocenters. The number of fused-ring (bicyclic) bond motifs is 1. The number of nitrogens with zero attached hydrogens (tertiary/aromatic N) is 2. The van der Waals surface area contributed by atoms with Crippen LogP contribution in [0.4, 0.5) is 0 Å². The first-order valence-electron chi connectivity index (χ1n) is 22.6. The van der Waals surface area contributed by atoms with Gasteiger partial charge in [0.2, 0.25) is 0 Å². The average Bonchev–Trinajstić information content (AvgIpc) is 3.31. The van der Waals surface area contributed by atoms with Crippen molar-refractivity contribution >= 4 is 46.9 Å². The highest BCUT2D eigenvalue weighted by molar-refractivity contribution is 5.94. The second-order valence-corrected chi connectivity index (χ2v) is 15.5. The van der Waals surface area contributed by atoms with Crippen LogP contribution in [0.25, 0.3) is 41.2 Å². The normalized spacial score (nSPS) is 11.0. The minimum Gasteiger partial charge on any atom is -0.508 e. The second-order valence-electron chi connectivity index (χ2n) is 15.5. The Hall–Kier alpha value is -6.47. The van der Waals surface area contributed by atoms with Crippen molar-refractivity contribution in [1.29, 1.82) is 0 Å². The van der Waals surface area contributed by atoms with E-state index in [-0.39, 0.29) is 17.3 Å². The number of carbonyl (C=O) groups excluding carboxylic acids is 1. The molecule has 4 aromatic carbocycles. The molecular formula is C56H66N2O5. The van der Waals surface area contributed by atoms with Gasteiger partial charge in [-0.3, -0.25) is 14.8 Å². The van der Waals surface area contributed by atoms with E-state index in [2.05, 4.69) is 72.4 Å². The maximum atomic E-state index is 10.8.